The first-order chi connectivity index (χ1) is 11.5. The highest BCUT2D eigenvalue weighted by molar-refractivity contribution is 5.95. The number of pyridine rings is 1. The molecule has 0 bridgehead atoms. The Balaban J connectivity index is 1.75. The molecule has 1 fully saturated rings. The number of aryl methyl sites for hydroxylation is 1. The van der Waals surface area contributed by atoms with E-state index in [0.29, 0.717) is 31.5 Å². The molecule has 0 unspecified atom stereocenters. The zero-order valence-electron chi connectivity index (χ0n) is 13.6. The quantitative estimate of drug-likeness (QED) is 0.942. The minimum atomic E-state index is -0.773. The Kier molecular flexibility index (Phi) is 4.60. The molecule has 2 aromatic rings. The van der Waals surface area contributed by atoms with E-state index in [-0.39, 0.29) is 11.8 Å². The molecule has 0 spiro atoms. The Labute approximate surface area is 140 Å². The molecule has 1 saturated heterocycles. The highest BCUT2D eigenvalue weighted by atomic mass is 16.4. The molecule has 0 radical (unpaired) electrons. The van der Waals surface area contributed by atoms with E-state index in [9.17, 15) is 9.59 Å². The number of benzene rings is 1. The number of carbonyl (C=O) groups is 2. The molecule has 1 aromatic carbocycles. The molecule has 1 N–H and O–H groups in total. The number of hydrogen-bond donors (Lipinski definition) is 1. The molecule has 2 heterocycles. The van der Waals surface area contributed by atoms with E-state index in [0.717, 1.165) is 11.1 Å². The lowest BCUT2D eigenvalue weighted by Crippen LogP contribution is -2.40. The van der Waals surface area contributed by atoms with E-state index in [2.05, 4.69) is 4.98 Å². The molecule has 1 aliphatic rings. The van der Waals surface area contributed by atoms with Crippen LogP contribution in [0.3, 0.4) is 0 Å². The summed E-state index contributed by atoms with van der Waals surface area (Å²) in [5, 5.41) is 9.05. The third-order valence-corrected chi connectivity index (χ3v) is 4.50. The summed E-state index contributed by atoms with van der Waals surface area (Å²) in [6.07, 6.45) is 4.33. The largest absolute Gasteiger partial charge is 0.481 e. The zero-order chi connectivity index (χ0) is 17.1. The molecular weight excluding hydrogens is 304 g/mol. The number of likely N-dealkylation sites (tertiary alicyclic amines) is 1. The number of rotatable bonds is 3. The van der Waals surface area contributed by atoms with Gasteiger partial charge in [-0.15, -0.1) is 0 Å². The van der Waals surface area contributed by atoms with Gasteiger partial charge in [-0.05, 0) is 31.4 Å². The van der Waals surface area contributed by atoms with Crippen molar-refractivity contribution < 1.29 is 14.7 Å². The molecule has 0 aliphatic carbocycles. The number of hydrogen-bond acceptors (Lipinski definition) is 3. The number of carboxylic acids is 1. The monoisotopic (exact) mass is 324 g/mol. The topological polar surface area (TPSA) is 70.5 Å². The normalized spacial score (nSPS) is 15.3. The number of aromatic nitrogens is 1. The minimum absolute atomic E-state index is 0.0831. The van der Waals surface area contributed by atoms with E-state index in [1.54, 1.807) is 17.3 Å². The molecule has 24 heavy (non-hydrogen) atoms. The van der Waals surface area contributed by atoms with Crippen LogP contribution in [-0.2, 0) is 4.79 Å². The van der Waals surface area contributed by atoms with Crippen LogP contribution >= 0.6 is 0 Å². The van der Waals surface area contributed by atoms with Crippen LogP contribution in [0.1, 0.15) is 28.8 Å². The van der Waals surface area contributed by atoms with Crippen molar-refractivity contribution in [2.45, 2.75) is 19.8 Å². The first kappa shape index (κ1) is 16.2. The van der Waals surface area contributed by atoms with Crippen molar-refractivity contribution >= 4 is 11.9 Å². The lowest BCUT2D eigenvalue weighted by atomic mass is 9.96. The van der Waals surface area contributed by atoms with Gasteiger partial charge in [0.15, 0.2) is 0 Å². The first-order valence-electron chi connectivity index (χ1n) is 8.09. The average molecular weight is 324 g/mol. The molecule has 5 nitrogen and oxygen atoms in total. The summed E-state index contributed by atoms with van der Waals surface area (Å²) >= 11 is 0. The maximum atomic E-state index is 12.7. The van der Waals surface area contributed by atoms with Crippen LogP contribution in [-0.4, -0.2) is 40.0 Å². The molecule has 124 valence electrons. The van der Waals surface area contributed by atoms with Crippen molar-refractivity contribution in [1.29, 1.82) is 0 Å². The van der Waals surface area contributed by atoms with Crippen molar-refractivity contribution in [3.05, 3.63) is 53.9 Å². The van der Waals surface area contributed by atoms with Crippen LogP contribution in [0.2, 0.25) is 0 Å². The van der Waals surface area contributed by atoms with Crippen LogP contribution < -0.4 is 0 Å². The van der Waals surface area contributed by atoms with Crippen molar-refractivity contribution in [3.63, 3.8) is 0 Å². The van der Waals surface area contributed by atoms with Crippen molar-refractivity contribution in [3.8, 4) is 11.1 Å². The summed E-state index contributed by atoms with van der Waals surface area (Å²) < 4.78 is 0. The third-order valence-electron chi connectivity index (χ3n) is 4.50. The van der Waals surface area contributed by atoms with Crippen LogP contribution in [0.4, 0.5) is 0 Å². The molecular formula is C19H20N2O3. The Morgan fingerprint density at radius 3 is 2.38 bits per heavy atom. The van der Waals surface area contributed by atoms with E-state index in [1.165, 1.54) is 5.56 Å². The van der Waals surface area contributed by atoms with Gasteiger partial charge in [0.05, 0.1) is 11.5 Å². The molecule has 3 rings (SSSR count). The second-order valence-corrected chi connectivity index (χ2v) is 6.23. The maximum Gasteiger partial charge on any atom is 0.306 e. The summed E-state index contributed by atoms with van der Waals surface area (Å²) in [7, 11) is 0. The van der Waals surface area contributed by atoms with Gasteiger partial charge >= 0.3 is 5.97 Å². The Hall–Kier alpha value is -2.69. The van der Waals surface area contributed by atoms with E-state index < -0.39 is 5.97 Å². The molecule has 0 saturated carbocycles. The number of carbonyl (C=O) groups excluding carboxylic acids is 1. The van der Waals surface area contributed by atoms with Crippen molar-refractivity contribution in [2.24, 2.45) is 5.92 Å². The predicted molar refractivity (Wildman–Crippen MR) is 90.7 cm³/mol. The fourth-order valence-corrected chi connectivity index (χ4v) is 2.97. The summed E-state index contributed by atoms with van der Waals surface area (Å²) in [5.74, 6) is -1.20. The lowest BCUT2D eigenvalue weighted by molar-refractivity contribution is -0.143. The average Bonchev–Trinajstić information content (AvgIpc) is 2.62. The summed E-state index contributed by atoms with van der Waals surface area (Å²) in [4.78, 5) is 29.6. The van der Waals surface area contributed by atoms with Gasteiger partial charge in [0.1, 0.15) is 0 Å². The highest BCUT2D eigenvalue weighted by Gasteiger charge is 2.27. The fourth-order valence-electron chi connectivity index (χ4n) is 2.97. The third kappa shape index (κ3) is 3.45. The van der Waals surface area contributed by atoms with Gasteiger partial charge in [0.2, 0.25) is 0 Å². The van der Waals surface area contributed by atoms with Gasteiger partial charge in [0.25, 0.3) is 5.91 Å². The van der Waals surface area contributed by atoms with Crippen LogP contribution in [0.15, 0.2) is 42.7 Å². The van der Waals surface area contributed by atoms with Gasteiger partial charge in [-0.2, -0.15) is 0 Å². The highest BCUT2D eigenvalue weighted by Crippen LogP contribution is 2.22. The number of piperidine rings is 1. The maximum absolute atomic E-state index is 12.7. The summed E-state index contributed by atoms with van der Waals surface area (Å²) in [6, 6.07) is 9.93. The second kappa shape index (κ2) is 6.83. The summed E-state index contributed by atoms with van der Waals surface area (Å²) in [5.41, 5.74) is 3.65. The molecule has 1 aromatic heterocycles. The molecule has 0 atom stereocenters. The smallest absolute Gasteiger partial charge is 0.306 e. The first-order valence-corrected chi connectivity index (χ1v) is 8.09. The van der Waals surface area contributed by atoms with Gasteiger partial charge in [-0.3, -0.25) is 14.6 Å². The Bertz CT molecular complexity index is 747. The van der Waals surface area contributed by atoms with Gasteiger partial charge < -0.3 is 10.0 Å². The molecule has 5 heteroatoms. The van der Waals surface area contributed by atoms with Gasteiger partial charge in [0, 0.05) is 31.0 Å². The number of amides is 1. The van der Waals surface area contributed by atoms with Crippen molar-refractivity contribution in [2.75, 3.05) is 13.1 Å². The Morgan fingerprint density at radius 1 is 1.08 bits per heavy atom. The van der Waals surface area contributed by atoms with Crippen LogP contribution in [0, 0.1) is 12.8 Å². The molecule has 1 amide bonds. The molecule has 1 aliphatic heterocycles. The fraction of sp³-hybridized carbons (Fsp3) is 0.316. The van der Waals surface area contributed by atoms with E-state index in [4.69, 9.17) is 5.11 Å². The second-order valence-electron chi connectivity index (χ2n) is 6.23. The zero-order valence-corrected chi connectivity index (χ0v) is 13.6. The standard InChI is InChI=1S/C19H20N2O3/c1-13-2-4-14(5-3-13)16-10-17(12-20-11-16)18(22)21-8-6-15(7-9-21)19(23)24/h2-5,10-12,15H,6-9H2,1H3,(H,23,24). The SMILES string of the molecule is Cc1ccc(-c2cncc(C(=O)N3CCC(C(=O)O)CC3)c2)cc1. The number of carboxylic acid groups (broad SMARTS) is 1. The predicted octanol–water partition coefficient (Wildman–Crippen LogP) is 2.99. The van der Waals surface area contributed by atoms with Gasteiger partial charge in [-0.25, -0.2) is 0 Å². The lowest BCUT2D eigenvalue weighted by Gasteiger charge is -2.30. The van der Waals surface area contributed by atoms with E-state index >= 15 is 0 Å². The number of aliphatic carboxylic acids is 1. The summed E-state index contributed by atoms with van der Waals surface area (Å²) in [6.45, 7) is 2.98. The van der Waals surface area contributed by atoms with Crippen LogP contribution in [0.5, 0.6) is 0 Å². The van der Waals surface area contributed by atoms with Gasteiger partial charge in [-0.1, -0.05) is 29.8 Å². The Morgan fingerprint density at radius 2 is 1.75 bits per heavy atom. The van der Waals surface area contributed by atoms with Crippen LogP contribution in [0.25, 0.3) is 11.1 Å². The number of nitrogens with zero attached hydrogens (tertiary/aromatic N) is 2. The minimum Gasteiger partial charge on any atom is -0.481 e. The van der Waals surface area contributed by atoms with Crippen molar-refractivity contribution in [1.82, 2.24) is 9.88 Å². The van der Waals surface area contributed by atoms with E-state index in [1.807, 2.05) is 37.3 Å².